The molecule has 3 aromatic rings. The predicted molar refractivity (Wildman–Crippen MR) is 215 cm³/mol. The Morgan fingerprint density at radius 1 is 0.944 bits per heavy atom. The van der Waals surface area contributed by atoms with Gasteiger partial charge in [-0.3, -0.25) is 4.79 Å². The van der Waals surface area contributed by atoms with E-state index >= 15 is 0 Å². The fourth-order valence-electron chi connectivity index (χ4n) is 8.88. The van der Waals surface area contributed by atoms with Gasteiger partial charge >= 0.3 is 5.97 Å². The number of ether oxygens (including phenoxy) is 2. The summed E-state index contributed by atoms with van der Waals surface area (Å²) in [6.45, 7) is 16.8. The first-order valence-electron chi connectivity index (χ1n) is 19.2. The molecule has 0 radical (unpaired) electrons. The Bertz CT molecular complexity index is 1840. The molecule has 12 heteroatoms. The number of hydrogen-bond donors (Lipinski definition) is 1. The SMILES string of the molecule is COCCCN1C(=O)COc2ccc(CC[C@H]3CN(S(=O)(=O)c4ccc(C)cc4)C[C@@H](O[Si](C(C)C)(C(C)C)C(C)C)[C@@H]3c3ccc(C(=O)O)cc3)cc21. The highest BCUT2D eigenvalue weighted by Crippen LogP contribution is 2.48. The largest absolute Gasteiger partial charge is 0.482 e. The molecule has 294 valence electrons. The van der Waals surface area contributed by atoms with Crippen molar-refractivity contribution in [2.45, 2.75) is 101 Å². The topological polar surface area (TPSA) is 123 Å². The molecular weight excluding hydrogens is 721 g/mol. The number of fused-ring (bicyclic) bond motifs is 1. The maximum absolute atomic E-state index is 14.5. The number of hydrogen-bond acceptors (Lipinski definition) is 7. The maximum atomic E-state index is 14.5. The van der Waals surface area contributed by atoms with E-state index in [0.717, 1.165) is 22.4 Å². The molecule has 0 aliphatic carbocycles. The smallest absolute Gasteiger partial charge is 0.335 e. The predicted octanol–water partition coefficient (Wildman–Crippen LogP) is 8.05. The van der Waals surface area contributed by atoms with Crippen LogP contribution in [0.3, 0.4) is 0 Å². The molecule has 0 bridgehead atoms. The molecule has 2 aliphatic rings. The molecule has 1 amide bonds. The van der Waals surface area contributed by atoms with E-state index in [1.54, 1.807) is 40.6 Å². The maximum Gasteiger partial charge on any atom is 0.335 e. The van der Waals surface area contributed by atoms with Gasteiger partial charge in [0, 0.05) is 39.3 Å². The second kappa shape index (κ2) is 17.5. The molecule has 2 heterocycles. The lowest BCUT2D eigenvalue weighted by Crippen LogP contribution is -2.58. The van der Waals surface area contributed by atoms with E-state index in [-0.39, 0.29) is 64.5 Å². The number of amides is 1. The van der Waals surface area contributed by atoms with Crippen LogP contribution >= 0.6 is 0 Å². The van der Waals surface area contributed by atoms with E-state index < -0.39 is 30.4 Å². The van der Waals surface area contributed by atoms with E-state index in [9.17, 15) is 23.1 Å². The molecule has 0 aromatic heterocycles. The molecule has 1 fully saturated rings. The zero-order valence-corrected chi connectivity index (χ0v) is 34.9. The molecular formula is C42H58N2O8SSi. The second-order valence-corrected chi connectivity index (χ2v) is 23.2. The third-order valence-electron chi connectivity index (χ3n) is 11.5. The number of piperidine rings is 1. The second-order valence-electron chi connectivity index (χ2n) is 15.8. The van der Waals surface area contributed by atoms with Crippen LogP contribution in [0.25, 0.3) is 0 Å². The van der Waals surface area contributed by atoms with Gasteiger partial charge in [0.1, 0.15) is 5.75 Å². The number of methoxy groups -OCH3 is 1. The number of carbonyl (C=O) groups is 2. The Hall–Kier alpha value is -3.55. The average molecular weight is 779 g/mol. The van der Waals surface area contributed by atoms with Gasteiger partial charge in [-0.25, -0.2) is 13.2 Å². The highest BCUT2D eigenvalue weighted by molar-refractivity contribution is 7.89. The first kappa shape index (κ1) is 41.6. The van der Waals surface area contributed by atoms with Crippen LogP contribution in [-0.2, 0) is 30.4 Å². The van der Waals surface area contributed by atoms with Crippen molar-refractivity contribution >= 4 is 35.9 Å². The number of anilines is 1. The summed E-state index contributed by atoms with van der Waals surface area (Å²) in [5.74, 6) is -0.816. The minimum absolute atomic E-state index is 0.00956. The molecule has 3 aromatic carbocycles. The summed E-state index contributed by atoms with van der Waals surface area (Å²) in [5.41, 5.74) is 4.66. The average Bonchev–Trinajstić information content (AvgIpc) is 3.13. The van der Waals surface area contributed by atoms with Crippen molar-refractivity contribution in [3.05, 3.63) is 89.0 Å². The Morgan fingerprint density at radius 2 is 1.59 bits per heavy atom. The van der Waals surface area contributed by atoms with Gasteiger partial charge in [-0.1, -0.05) is 77.4 Å². The van der Waals surface area contributed by atoms with Crippen molar-refractivity contribution in [2.75, 3.05) is 44.9 Å². The van der Waals surface area contributed by atoms with Gasteiger partial charge in [-0.2, -0.15) is 4.31 Å². The number of benzene rings is 3. The van der Waals surface area contributed by atoms with Crippen LogP contribution in [0, 0.1) is 12.8 Å². The molecule has 1 N–H and O–H groups in total. The van der Waals surface area contributed by atoms with Gasteiger partial charge in [0.25, 0.3) is 5.91 Å². The molecule has 54 heavy (non-hydrogen) atoms. The molecule has 5 rings (SSSR count). The molecule has 3 atom stereocenters. The Balaban J connectivity index is 1.58. The van der Waals surface area contributed by atoms with Crippen molar-refractivity contribution in [2.24, 2.45) is 5.92 Å². The highest BCUT2D eigenvalue weighted by Gasteiger charge is 2.51. The Labute approximate surface area is 323 Å². The van der Waals surface area contributed by atoms with E-state index in [0.29, 0.717) is 38.2 Å². The van der Waals surface area contributed by atoms with Gasteiger partial charge in [-0.15, -0.1) is 0 Å². The number of carboxylic acids is 1. The zero-order valence-electron chi connectivity index (χ0n) is 33.1. The fourth-order valence-corrected chi connectivity index (χ4v) is 15.9. The van der Waals surface area contributed by atoms with Crippen LogP contribution < -0.4 is 9.64 Å². The molecule has 0 spiro atoms. The van der Waals surface area contributed by atoms with Crippen LogP contribution in [0.4, 0.5) is 5.69 Å². The summed E-state index contributed by atoms with van der Waals surface area (Å²) < 4.78 is 49.2. The van der Waals surface area contributed by atoms with E-state index in [1.807, 2.05) is 49.4 Å². The molecule has 0 unspecified atom stereocenters. The quantitative estimate of drug-likeness (QED) is 0.115. The van der Waals surface area contributed by atoms with Crippen molar-refractivity contribution in [3.8, 4) is 5.75 Å². The summed E-state index contributed by atoms with van der Waals surface area (Å²) in [6.07, 6.45) is 1.47. The van der Waals surface area contributed by atoms with Crippen LogP contribution in [0.15, 0.2) is 71.6 Å². The summed E-state index contributed by atoms with van der Waals surface area (Å²) in [6, 6.07) is 20.0. The summed E-state index contributed by atoms with van der Waals surface area (Å²) >= 11 is 0. The normalized spacial score (nSPS) is 19.7. The molecule has 10 nitrogen and oxygen atoms in total. The van der Waals surface area contributed by atoms with Crippen LogP contribution in [0.5, 0.6) is 5.75 Å². The first-order valence-corrected chi connectivity index (χ1v) is 22.8. The monoisotopic (exact) mass is 778 g/mol. The Morgan fingerprint density at radius 3 is 2.19 bits per heavy atom. The lowest BCUT2D eigenvalue weighted by atomic mass is 9.76. The van der Waals surface area contributed by atoms with E-state index in [1.165, 1.54) is 0 Å². The van der Waals surface area contributed by atoms with Gasteiger partial charge in [-0.05, 0) is 96.3 Å². The van der Waals surface area contributed by atoms with E-state index in [2.05, 4.69) is 41.5 Å². The first-order chi connectivity index (χ1) is 25.6. The van der Waals surface area contributed by atoms with E-state index in [4.69, 9.17) is 13.9 Å². The minimum Gasteiger partial charge on any atom is -0.482 e. The van der Waals surface area contributed by atoms with Crippen LogP contribution in [0.1, 0.15) is 87.4 Å². The number of aromatic carboxylic acids is 1. The standard InChI is InChI=1S/C42H58N2O8SSi/c1-28(2)54(29(3)4,30(5)6)52-39-26-43(53(48,49)36-19-10-31(7)11-20-36)25-35(41(39)33-15-17-34(18-16-33)42(46)47)14-12-32-13-21-38-37(24-32)44(22-9-23-50-8)40(45)27-51-38/h10-11,13,15-21,24,28-30,35,39,41H,9,12,14,22-23,25-27H2,1-8H3,(H,46,47)/t35-,39+,41+/m0/s1. The fraction of sp³-hybridized carbons (Fsp3) is 0.524. The van der Waals surface area contributed by atoms with Crippen molar-refractivity contribution < 1.29 is 37.0 Å². The number of nitrogens with zero attached hydrogens (tertiary/aromatic N) is 2. The lowest BCUT2D eigenvalue weighted by molar-refractivity contribution is -0.121. The summed E-state index contributed by atoms with van der Waals surface area (Å²) in [5, 5.41) is 9.73. The van der Waals surface area contributed by atoms with Crippen molar-refractivity contribution in [1.82, 2.24) is 4.31 Å². The molecule has 1 saturated heterocycles. The van der Waals surface area contributed by atoms with Gasteiger partial charge in [0.15, 0.2) is 6.61 Å². The number of aryl methyl sites for hydroxylation is 2. The summed E-state index contributed by atoms with van der Waals surface area (Å²) in [4.78, 5) is 26.8. The summed E-state index contributed by atoms with van der Waals surface area (Å²) in [7, 11) is -4.77. The minimum atomic E-state index is -3.88. The van der Waals surface area contributed by atoms with Gasteiger partial charge in [0.2, 0.25) is 18.3 Å². The van der Waals surface area contributed by atoms with Crippen molar-refractivity contribution in [3.63, 3.8) is 0 Å². The number of rotatable bonds is 16. The third kappa shape index (κ3) is 8.78. The zero-order chi connectivity index (χ0) is 39.4. The van der Waals surface area contributed by atoms with Crippen LogP contribution in [0.2, 0.25) is 16.6 Å². The van der Waals surface area contributed by atoms with Gasteiger partial charge < -0.3 is 23.9 Å². The van der Waals surface area contributed by atoms with Gasteiger partial charge in [0.05, 0.1) is 22.3 Å². The van der Waals surface area contributed by atoms with Crippen LogP contribution in [-0.4, -0.2) is 84.1 Å². The number of sulfonamides is 1. The molecule has 2 aliphatic heterocycles. The van der Waals surface area contributed by atoms with Crippen molar-refractivity contribution in [1.29, 1.82) is 0 Å². The third-order valence-corrected chi connectivity index (χ3v) is 19.5. The highest BCUT2D eigenvalue weighted by atomic mass is 32.2. The Kier molecular flexibility index (Phi) is 13.5. The lowest BCUT2D eigenvalue weighted by Gasteiger charge is -2.50. The number of carboxylic acid groups (broad SMARTS) is 1. The number of carbonyl (C=O) groups excluding carboxylic acids is 1. The molecule has 0 saturated carbocycles.